The molecule has 0 N–H and O–H groups in total. The molecule has 1 nitrogen and oxygen atoms in total. The molecule has 10 aromatic rings. The molecule has 0 bridgehead atoms. The van der Waals surface area contributed by atoms with Crippen molar-refractivity contribution in [3.05, 3.63) is 223 Å². The van der Waals surface area contributed by atoms with Crippen LogP contribution in [0.3, 0.4) is 0 Å². The highest BCUT2D eigenvalue weighted by molar-refractivity contribution is 7.26. The van der Waals surface area contributed by atoms with Gasteiger partial charge in [0.1, 0.15) is 0 Å². The zero-order valence-electron chi connectivity index (χ0n) is 31.0. The monoisotopic (exact) mass is 731 g/mol. The summed E-state index contributed by atoms with van der Waals surface area (Å²) < 4.78 is 2.64. The van der Waals surface area contributed by atoms with Gasteiger partial charge >= 0.3 is 0 Å². The Morgan fingerprint density at radius 2 is 1.02 bits per heavy atom. The van der Waals surface area contributed by atoms with Gasteiger partial charge in [0, 0.05) is 42.6 Å². The molecule has 1 aliphatic rings. The number of hydrogen-bond acceptors (Lipinski definition) is 2. The summed E-state index contributed by atoms with van der Waals surface area (Å²) in [6, 6.07) is 76.0. The minimum absolute atomic E-state index is 0.300. The Balaban J connectivity index is 1.10. The normalized spacial score (nSPS) is 14.6. The summed E-state index contributed by atoms with van der Waals surface area (Å²) in [4.78, 5) is 2.44. The van der Waals surface area contributed by atoms with Crippen LogP contribution in [0.25, 0.3) is 64.3 Å². The van der Waals surface area contributed by atoms with Gasteiger partial charge in [-0.2, -0.15) is 0 Å². The van der Waals surface area contributed by atoms with Crippen LogP contribution in [0.2, 0.25) is 0 Å². The third kappa shape index (κ3) is 5.07. The maximum absolute atomic E-state index is 2.44. The number of benzene rings is 9. The van der Waals surface area contributed by atoms with Crippen molar-refractivity contribution in [3.8, 4) is 33.4 Å². The van der Waals surface area contributed by atoms with Crippen LogP contribution in [-0.2, 0) is 5.41 Å². The van der Waals surface area contributed by atoms with Crippen LogP contribution < -0.4 is 4.90 Å². The Morgan fingerprint density at radius 1 is 0.393 bits per heavy atom. The average Bonchev–Trinajstić information content (AvgIpc) is 3.77. The number of nitrogens with zero attached hydrogens (tertiary/aromatic N) is 1. The van der Waals surface area contributed by atoms with Gasteiger partial charge in [-0.25, -0.2) is 0 Å². The maximum Gasteiger partial charge on any atom is 0.0467 e. The first-order chi connectivity index (χ1) is 27.6. The summed E-state index contributed by atoms with van der Waals surface area (Å²) in [5.41, 5.74) is 14.6. The van der Waals surface area contributed by atoms with Gasteiger partial charge in [-0.3, -0.25) is 0 Å². The predicted octanol–water partition coefficient (Wildman–Crippen LogP) is 15.3. The van der Waals surface area contributed by atoms with Crippen LogP contribution in [0, 0.1) is 0 Å². The fraction of sp³-hybridized carbons (Fsp3) is 0.0370. The fourth-order valence-electron chi connectivity index (χ4n) is 9.20. The molecule has 0 saturated heterocycles. The summed E-state index contributed by atoms with van der Waals surface area (Å²) in [7, 11) is 0. The van der Waals surface area contributed by atoms with Crippen LogP contribution in [-0.4, -0.2) is 0 Å². The number of fused-ring (bicyclic) bond motifs is 7. The molecule has 11 rings (SSSR count). The standard InChI is InChI=1S/C54H37NS/c1-54(39-17-3-2-4-18-39)50-26-9-7-21-46(50)47-33-32-42(35-51(47)54)55(40-30-28-37(29-31-40)44-23-12-15-36-14-5-6-20-43(36)44)41-19-11-16-38(34-41)45-24-13-25-49-48-22-8-10-27-52(48)56-53(45)49/h2-35H,1H3. The SMILES string of the molecule is CC1(c2ccccc2)c2ccccc2-c2ccc(N(c3ccc(-c4cccc5ccccc45)cc3)c3cccc(-c4cccc5c4sc4ccccc45)c3)cc21. The molecule has 1 aromatic heterocycles. The van der Waals surface area contributed by atoms with Gasteiger partial charge in [-0.15, -0.1) is 11.3 Å². The molecule has 264 valence electrons. The second-order valence-corrected chi connectivity index (χ2v) is 16.1. The van der Waals surface area contributed by atoms with E-state index in [-0.39, 0.29) is 5.41 Å². The van der Waals surface area contributed by atoms with E-state index in [1.165, 1.54) is 81.0 Å². The van der Waals surface area contributed by atoms with E-state index in [1.807, 2.05) is 11.3 Å². The molecule has 2 heteroatoms. The molecule has 0 spiro atoms. The molecule has 0 fully saturated rings. The van der Waals surface area contributed by atoms with Crippen molar-refractivity contribution < 1.29 is 0 Å². The molecule has 1 heterocycles. The van der Waals surface area contributed by atoms with Crippen LogP contribution in [0.15, 0.2) is 206 Å². The average molecular weight is 732 g/mol. The van der Waals surface area contributed by atoms with E-state index >= 15 is 0 Å². The van der Waals surface area contributed by atoms with Gasteiger partial charge in [0.25, 0.3) is 0 Å². The van der Waals surface area contributed by atoms with Gasteiger partial charge in [-0.05, 0) is 110 Å². The zero-order valence-corrected chi connectivity index (χ0v) is 31.8. The Bertz CT molecular complexity index is 3100. The molecule has 0 amide bonds. The topological polar surface area (TPSA) is 3.24 Å². The molecule has 1 aliphatic carbocycles. The Labute approximate surface area is 331 Å². The quantitative estimate of drug-likeness (QED) is 0.165. The second-order valence-electron chi connectivity index (χ2n) is 15.0. The number of thiophene rings is 1. The van der Waals surface area contributed by atoms with E-state index in [0.29, 0.717) is 0 Å². The van der Waals surface area contributed by atoms with Crippen LogP contribution in [0.4, 0.5) is 17.1 Å². The van der Waals surface area contributed by atoms with Crippen molar-refractivity contribution >= 4 is 59.3 Å². The summed E-state index contributed by atoms with van der Waals surface area (Å²) in [5, 5.41) is 5.15. The van der Waals surface area contributed by atoms with Crippen LogP contribution >= 0.6 is 11.3 Å². The molecule has 56 heavy (non-hydrogen) atoms. The first kappa shape index (κ1) is 32.7. The molecule has 0 saturated carbocycles. The van der Waals surface area contributed by atoms with Gasteiger partial charge in [-0.1, -0.05) is 164 Å². The molecule has 1 atom stereocenters. The summed E-state index contributed by atoms with van der Waals surface area (Å²) in [5.74, 6) is 0. The third-order valence-corrected chi connectivity index (χ3v) is 13.2. The van der Waals surface area contributed by atoms with E-state index in [4.69, 9.17) is 0 Å². The summed E-state index contributed by atoms with van der Waals surface area (Å²) in [6.45, 7) is 2.40. The third-order valence-electron chi connectivity index (χ3n) is 12.0. The Morgan fingerprint density at radius 3 is 1.91 bits per heavy atom. The molecule has 0 aliphatic heterocycles. The van der Waals surface area contributed by atoms with Crippen molar-refractivity contribution in [2.75, 3.05) is 4.90 Å². The molecule has 9 aromatic carbocycles. The first-order valence-electron chi connectivity index (χ1n) is 19.3. The predicted molar refractivity (Wildman–Crippen MR) is 240 cm³/mol. The van der Waals surface area contributed by atoms with E-state index in [9.17, 15) is 0 Å². The lowest BCUT2D eigenvalue weighted by Crippen LogP contribution is -2.22. The largest absolute Gasteiger partial charge is 0.310 e. The first-order valence-corrected chi connectivity index (χ1v) is 20.2. The number of anilines is 3. The fourth-order valence-corrected chi connectivity index (χ4v) is 10.4. The van der Waals surface area contributed by atoms with Gasteiger partial charge < -0.3 is 4.90 Å². The highest BCUT2D eigenvalue weighted by atomic mass is 32.1. The van der Waals surface area contributed by atoms with E-state index in [2.05, 4.69) is 218 Å². The van der Waals surface area contributed by atoms with Crippen molar-refractivity contribution in [3.63, 3.8) is 0 Å². The zero-order chi connectivity index (χ0) is 37.2. The van der Waals surface area contributed by atoms with Gasteiger partial charge in [0.05, 0.1) is 0 Å². The molecular weight excluding hydrogens is 695 g/mol. The Kier molecular flexibility index (Phi) is 7.55. The summed E-state index contributed by atoms with van der Waals surface area (Å²) in [6.07, 6.45) is 0. The molecule has 1 unspecified atom stereocenters. The van der Waals surface area contributed by atoms with Gasteiger partial charge in [0.15, 0.2) is 0 Å². The van der Waals surface area contributed by atoms with Gasteiger partial charge in [0.2, 0.25) is 0 Å². The lowest BCUT2D eigenvalue weighted by molar-refractivity contribution is 0.714. The summed E-state index contributed by atoms with van der Waals surface area (Å²) >= 11 is 1.88. The second kappa shape index (κ2) is 12.9. The van der Waals surface area contributed by atoms with E-state index in [0.717, 1.165) is 17.1 Å². The minimum atomic E-state index is -0.300. The Hall–Kier alpha value is -6.74. The van der Waals surface area contributed by atoms with Crippen molar-refractivity contribution in [1.29, 1.82) is 0 Å². The minimum Gasteiger partial charge on any atom is -0.310 e. The van der Waals surface area contributed by atoms with E-state index in [1.54, 1.807) is 0 Å². The lowest BCUT2D eigenvalue weighted by Gasteiger charge is -2.31. The van der Waals surface area contributed by atoms with Crippen molar-refractivity contribution in [2.45, 2.75) is 12.3 Å². The lowest BCUT2D eigenvalue weighted by atomic mass is 9.74. The molecule has 0 radical (unpaired) electrons. The number of hydrogen-bond donors (Lipinski definition) is 0. The highest BCUT2D eigenvalue weighted by Gasteiger charge is 2.41. The highest BCUT2D eigenvalue weighted by Crippen LogP contribution is 2.54. The van der Waals surface area contributed by atoms with E-state index < -0.39 is 0 Å². The molecular formula is C54H37NS. The smallest absolute Gasteiger partial charge is 0.0467 e. The van der Waals surface area contributed by atoms with Crippen molar-refractivity contribution in [2.24, 2.45) is 0 Å². The van der Waals surface area contributed by atoms with Crippen LogP contribution in [0.5, 0.6) is 0 Å². The van der Waals surface area contributed by atoms with Crippen molar-refractivity contribution in [1.82, 2.24) is 0 Å². The van der Waals surface area contributed by atoms with Crippen LogP contribution in [0.1, 0.15) is 23.6 Å². The number of rotatable bonds is 6. The maximum atomic E-state index is 2.44.